The first kappa shape index (κ1) is 16.0. The van der Waals surface area contributed by atoms with Crippen molar-refractivity contribution in [3.05, 3.63) is 0 Å². The van der Waals surface area contributed by atoms with Gasteiger partial charge in [0.1, 0.15) is 0 Å². The Hall–Kier alpha value is -0.0800. The van der Waals surface area contributed by atoms with Crippen LogP contribution in [-0.4, -0.2) is 25.3 Å². The van der Waals surface area contributed by atoms with Crippen molar-refractivity contribution in [2.45, 2.75) is 83.7 Å². The quantitative estimate of drug-likeness (QED) is 0.556. The van der Waals surface area contributed by atoms with E-state index in [0.717, 1.165) is 19.7 Å². The molecule has 1 aliphatic rings. The van der Waals surface area contributed by atoms with Crippen LogP contribution in [0.25, 0.3) is 0 Å². The van der Waals surface area contributed by atoms with Gasteiger partial charge >= 0.3 is 0 Å². The first-order valence-corrected chi connectivity index (χ1v) is 8.17. The predicted octanol–water partition coefficient (Wildman–Crippen LogP) is 4.29. The zero-order valence-electron chi connectivity index (χ0n) is 12.6. The monoisotopic (exact) mass is 255 g/mol. The van der Waals surface area contributed by atoms with Crippen molar-refractivity contribution in [2.24, 2.45) is 0 Å². The molecule has 0 amide bonds. The number of ether oxygens (including phenoxy) is 1. The van der Waals surface area contributed by atoms with Crippen LogP contribution in [-0.2, 0) is 4.74 Å². The van der Waals surface area contributed by atoms with E-state index in [2.05, 4.69) is 19.2 Å². The maximum Gasteiger partial charge on any atom is 0.0806 e. The molecule has 0 spiro atoms. The highest BCUT2D eigenvalue weighted by molar-refractivity contribution is 4.88. The fourth-order valence-electron chi connectivity index (χ4n) is 2.92. The van der Waals surface area contributed by atoms with E-state index < -0.39 is 0 Å². The van der Waals surface area contributed by atoms with Gasteiger partial charge in [-0.05, 0) is 25.8 Å². The molecule has 1 fully saturated rings. The van der Waals surface area contributed by atoms with Gasteiger partial charge in [0, 0.05) is 13.2 Å². The standard InChI is InChI=1S/C16H33NO/c1-3-5-6-7-8-11-14-18-16(15-17-4-2)12-9-10-13-16/h17H,3-15H2,1-2H3. The van der Waals surface area contributed by atoms with Crippen LogP contribution in [0.4, 0.5) is 0 Å². The summed E-state index contributed by atoms with van der Waals surface area (Å²) in [5.41, 5.74) is 0.180. The minimum Gasteiger partial charge on any atom is -0.374 e. The van der Waals surface area contributed by atoms with Gasteiger partial charge in [0.05, 0.1) is 5.60 Å². The molecule has 2 nitrogen and oxygen atoms in total. The molecule has 0 unspecified atom stereocenters. The minimum absolute atomic E-state index is 0.180. The molecule has 108 valence electrons. The van der Waals surface area contributed by atoms with E-state index in [4.69, 9.17) is 4.74 Å². The molecule has 1 aliphatic carbocycles. The van der Waals surface area contributed by atoms with Crippen LogP contribution >= 0.6 is 0 Å². The summed E-state index contributed by atoms with van der Waals surface area (Å²) in [5.74, 6) is 0. The second-order valence-electron chi connectivity index (χ2n) is 5.79. The molecule has 0 aromatic rings. The van der Waals surface area contributed by atoms with Crippen molar-refractivity contribution in [1.29, 1.82) is 0 Å². The summed E-state index contributed by atoms with van der Waals surface area (Å²) in [6.07, 6.45) is 13.3. The van der Waals surface area contributed by atoms with E-state index in [-0.39, 0.29) is 5.60 Å². The molecule has 0 saturated heterocycles. The van der Waals surface area contributed by atoms with Gasteiger partial charge in [-0.15, -0.1) is 0 Å². The topological polar surface area (TPSA) is 21.3 Å². The Morgan fingerprint density at radius 3 is 2.28 bits per heavy atom. The van der Waals surface area contributed by atoms with Crippen LogP contribution in [0.1, 0.15) is 78.1 Å². The number of hydrogen-bond donors (Lipinski definition) is 1. The minimum atomic E-state index is 0.180. The summed E-state index contributed by atoms with van der Waals surface area (Å²) in [6, 6.07) is 0. The smallest absolute Gasteiger partial charge is 0.0806 e. The maximum atomic E-state index is 6.24. The molecular weight excluding hydrogens is 222 g/mol. The Labute approximate surface area is 114 Å². The molecule has 1 N–H and O–H groups in total. The molecule has 2 heteroatoms. The van der Waals surface area contributed by atoms with Gasteiger partial charge in [0.15, 0.2) is 0 Å². The zero-order valence-corrected chi connectivity index (χ0v) is 12.6. The number of unbranched alkanes of at least 4 members (excludes halogenated alkanes) is 5. The van der Waals surface area contributed by atoms with E-state index in [1.54, 1.807) is 0 Å². The summed E-state index contributed by atoms with van der Waals surface area (Å²) >= 11 is 0. The molecule has 0 radical (unpaired) electrons. The highest BCUT2D eigenvalue weighted by Crippen LogP contribution is 2.32. The Kier molecular flexibility index (Phi) is 8.70. The average molecular weight is 255 g/mol. The molecule has 0 atom stereocenters. The molecule has 0 aromatic carbocycles. The second kappa shape index (κ2) is 9.80. The molecule has 1 saturated carbocycles. The number of hydrogen-bond acceptors (Lipinski definition) is 2. The SMILES string of the molecule is CCCCCCCCOC1(CNCC)CCCC1. The van der Waals surface area contributed by atoms with Crippen molar-refractivity contribution in [3.63, 3.8) is 0 Å². The molecule has 0 aromatic heterocycles. The van der Waals surface area contributed by atoms with Gasteiger partial charge < -0.3 is 10.1 Å². The van der Waals surface area contributed by atoms with Gasteiger partial charge in [-0.25, -0.2) is 0 Å². The fraction of sp³-hybridized carbons (Fsp3) is 1.00. The van der Waals surface area contributed by atoms with Crippen LogP contribution in [0.3, 0.4) is 0 Å². The van der Waals surface area contributed by atoms with Gasteiger partial charge in [-0.3, -0.25) is 0 Å². The highest BCUT2D eigenvalue weighted by Gasteiger charge is 2.33. The third-order valence-electron chi connectivity index (χ3n) is 4.12. The maximum absolute atomic E-state index is 6.24. The summed E-state index contributed by atoms with van der Waals surface area (Å²) in [4.78, 5) is 0. The summed E-state index contributed by atoms with van der Waals surface area (Å²) in [6.45, 7) is 7.53. The van der Waals surface area contributed by atoms with E-state index in [1.807, 2.05) is 0 Å². The fourth-order valence-corrected chi connectivity index (χ4v) is 2.92. The second-order valence-corrected chi connectivity index (χ2v) is 5.79. The van der Waals surface area contributed by atoms with Gasteiger partial charge in [0.2, 0.25) is 0 Å². The van der Waals surface area contributed by atoms with Crippen LogP contribution in [0.2, 0.25) is 0 Å². The van der Waals surface area contributed by atoms with E-state index in [1.165, 1.54) is 64.2 Å². The van der Waals surface area contributed by atoms with Gasteiger partial charge in [-0.2, -0.15) is 0 Å². The van der Waals surface area contributed by atoms with Crippen molar-refractivity contribution in [2.75, 3.05) is 19.7 Å². The lowest BCUT2D eigenvalue weighted by atomic mass is 10.0. The summed E-state index contributed by atoms with van der Waals surface area (Å²) in [7, 11) is 0. The molecular formula is C16H33NO. The Balaban J connectivity index is 2.06. The van der Waals surface area contributed by atoms with E-state index >= 15 is 0 Å². The van der Waals surface area contributed by atoms with Gasteiger partial charge in [0.25, 0.3) is 0 Å². The van der Waals surface area contributed by atoms with Crippen LogP contribution in [0, 0.1) is 0 Å². The lowest BCUT2D eigenvalue weighted by Crippen LogP contribution is -2.41. The predicted molar refractivity (Wildman–Crippen MR) is 79.1 cm³/mol. The third kappa shape index (κ3) is 6.19. The Morgan fingerprint density at radius 2 is 1.61 bits per heavy atom. The van der Waals surface area contributed by atoms with Crippen molar-refractivity contribution in [3.8, 4) is 0 Å². The zero-order chi connectivity index (χ0) is 13.1. The molecule has 0 bridgehead atoms. The van der Waals surface area contributed by atoms with Crippen LogP contribution in [0.15, 0.2) is 0 Å². The third-order valence-corrected chi connectivity index (χ3v) is 4.12. The normalized spacial score (nSPS) is 18.3. The molecule has 0 heterocycles. The lowest BCUT2D eigenvalue weighted by Gasteiger charge is -2.29. The number of nitrogens with one attached hydrogen (secondary N) is 1. The van der Waals surface area contributed by atoms with Crippen molar-refractivity contribution < 1.29 is 4.74 Å². The summed E-state index contributed by atoms with van der Waals surface area (Å²) < 4.78 is 6.24. The number of likely N-dealkylation sites (N-methyl/N-ethyl adjacent to an activating group) is 1. The average Bonchev–Trinajstić information content (AvgIpc) is 2.85. The van der Waals surface area contributed by atoms with Crippen molar-refractivity contribution >= 4 is 0 Å². The first-order valence-electron chi connectivity index (χ1n) is 8.17. The largest absolute Gasteiger partial charge is 0.374 e. The van der Waals surface area contributed by atoms with E-state index in [9.17, 15) is 0 Å². The first-order chi connectivity index (χ1) is 8.83. The summed E-state index contributed by atoms with van der Waals surface area (Å²) in [5, 5.41) is 3.47. The molecule has 0 aliphatic heterocycles. The van der Waals surface area contributed by atoms with E-state index in [0.29, 0.717) is 0 Å². The Bertz CT molecular complexity index is 188. The van der Waals surface area contributed by atoms with Crippen LogP contribution < -0.4 is 5.32 Å². The molecule has 1 rings (SSSR count). The number of rotatable bonds is 11. The molecule has 18 heavy (non-hydrogen) atoms. The highest BCUT2D eigenvalue weighted by atomic mass is 16.5. The van der Waals surface area contributed by atoms with Gasteiger partial charge in [-0.1, -0.05) is 58.8 Å². The lowest BCUT2D eigenvalue weighted by molar-refractivity contribution is -0.0405. The van der Waals surface area contributed by atoms with Crippen molar-refractivity contribution in [1.82, 2.24) is 5.32 Å². The van der Waals surface area contributed by atoms with Crippen LogP contribution in [0.5, 0.6) is 0 Å². The Morgan fingerprint density at radius 1 is 0.944 bits per heavy atom.